The first kappa shape index (κ1) is 7.24. The maximum Gasteiger partial charge on any atom is 0.246 e. The number of thioether (sulfide) groups is 2. The van der Waals surface area contributed by atoms with Gasteiger partial charge in [0.05, 0.1) is 0 Å². The van der Waals surface area contributed by atoms with E-state index < -0.39 is 5.56 Å². The molecule has 0 aromatic heterocycles. The summed E-state index contributed by atoms with van der Waals surface area (Å²) in [4.78, 5) is 10.7. The van der Waals surface area contributed by atoms with Crippen molar-refractivity contribution in [1.29, 1.82) is 0 Å². The molecule has 1 aliphatic rings. The van der Waals surface area contributed by atoms with Crippen LogP contribution in [0.1, 0.15) is 0 Å². The van der Waals surface area contributed by atoms with Gasteiger partial charge in [0, 0.05) is 0 Å². The highest BCUT2D eigenvalue weighted by molar-refractivity contribution is 8.18. The molecule has 1 fully saturated rings. The molecule has 2 atom stereocenters. The average Bonchev–Trinajstić information content (AvgIpc) is 2.10. The van der Waals surface area contributed by atoms with Crippen molar-refractivity contribution in [3.05, 3.63) is 0 Å². The normalized spacial score (nSPS) is 34.7. The second kappa shape index (κ2) is 2.81. The molecular weight excluding hydrogens is 158 g/mol. The Kier molecular flexibility index (Phi) is 2.26. The number of carbonyl (C=O) groups is 1. The molecule has 1 amide bonds. The van der Waals surface area contributed by atoms with Gasteiger partial charge in [0.2, 0.25) is 5.91 Å². The molecule has 9 heavy (non-hydrogen) atoms. The van der Waals surface area contributed by atoms with Crippen molar-refractivity contribution in [3.8, 4) is 0 Å². The molecule has 2 N–H and O–H groups in total. The van der Waals surface area contributed by atoms with Gasteiger partial charge in [-0.25, -0.2) is 0 Å². The molecule has 0 saturated carbocycles. The number of rotatable bonds is 1. The molecule has 52 valence electrons. The Labute approximate surface area is 61.6 Å². The van der Waals surface area contributed by atoms with Crippen LogP contribution in [0.5, 0.6) is 0 Å². The lowest BCUT2D eigenvalue weighted by molar-refractivity contribution is -0.119. The quantitative estimate of drug-likeness (QED) is 0.565. The summed E-state index contributed by atoms with van der Waals surface area (Å²) in [6, 6.07) is 0. The zero-order valence-electron chi connectivity index (χ0n) is 4.83. The van der Waals surface area contributed by atoms with Crippen LogP contribution in [-0.2, 0) is 4.79 Å². The zero-order valence-corrected chi connectivity index (χ0v) is 6.46. The van der Waals surface area contributed by atoms with Crippen LogP contribution >= 0.6 is 23.5 Å². The van der Waals surface area contributed by atoms with Gasteiger partial charge in [-0.1, -0.05) is 11.8 Å². The largest absolute Gasteiger partial charge is 0.365 e. The lowest BCUT2D eigenvalue weighted by atomic mass is 10.7. The average molecular weight is 165 g/mol. The Hall–Kier alpha value is 0.130. The number of nitrogens with one attached hydrogen (secondary N) is 1. The lowest BCUT2D eigenvalue weighted by Crippen LogP contribution is -2.25. The van der Waals surface area contributed by atoms with Crippen LogP contribution in [0.3, 0.4) is 0 Å². The van der Waals surface area contributed by atoms with Crippen LogP contribution in [0, 0.1) is 0 Å². The van der Waals surface area contributed by atoms with Crippen LogP contribution in [0.25, 0.3) is 0 Å². The van der Waals surface area contributed by atoms with Crippen molar-refractivity contribution < 1.29 is 9.90 Å². The number of aliphatic hydroxyl groups is 1. The maximum absolute atomic E-state index is 10.7. The van der Waals surface area contributed by atoms with Crippen molar-refractivity contribution in [2.24, 2.45) is 0 Å². The monoisotopic (exact) mass is 165 g/mol. The number of aliphatic hydroxyl groups excluding tert-OH is 1. The standard InChI is InChI=1S/C4H7NO2S2/c1-8-3-2(6)5-4(7)9-3/h3-4,7H,1H3,(H,5,6). The Morgan fingerprint density at radius 1 is 1.89 bits per heavy atom. The summed E-state index contributed by atoms with van der Waals surface area (Å²) >= 11 is 2.67. The van der Waals surface area contributed by atoms with Gasteiger partial charge in [0.25, 0.3) is 0 Å². The van der Waals surface area contributed by atoms with Gasteiger partial charge in [-0.3, -0.25) is 4.79 Å². The summed E-state index contributed by atoms with van der Waals surface area (Å²) in [7, 11) is 0. The van der Waals surface area contributed by atoms with Crippen molar-refractivity contribution >= 4 is 29.4 Å². The summed E-state index contributed by atoms with van der Waals surface area (Å²) in [5.41, 5.74) is -0.699. The molecule has 0 radical (unpaired) electrons. The van der Waals surface area contributed by atoms with Gasteiger partial charge in [-0.15, -0.1) is 11.8 Å². The van der Waals surface area contributed by atoms with Crippen molar-refractivity contribution in [1.82, 2.24) is 5.32 Å². The van der Waals surface area contributed by atoms with E-state index in [9.17, 15) is 4.79 Å². The highest BCUT2D eigenvalue weighted by Gasteiger charge is 2.30. The fraction of sp³-hybridized carbons (Fsp3) is 0.750. The smallest absolute Gasteiger partial charge is 0.246 e. The molecule has 1 saturated heterocycles. The molecule has 1 heterocycles. The predicted octanol–water partition coefficient (Wildman–Crippen LogP) is -0.186. The molecule has 5 heteroatoms. The molecule has 0 bridgehead atoms. The number of hydrogen-bond donors (Lipinski definition) is 2. The minimum Gasteiger partial charge on any atom is -0.365 e. The zero-order chi connectivity index (χ0) is 6.85. The second-order valence-corrected chi connectivity index (χ2v) is 4.00. The second-order valence-electron chi connectivity index (χ2n) is 1.56. The summed E-state index contributed by atoms with van der Waals surface area (Å²) in [6.45, 7) is 0. The van der Waals surface area contributed by atoms with Gasteiger partial charge in [0.15, 0.2) is 5.56 Å². The molecule has 0 aliphatic carbocycles. The number of carbonyl (C=O) groups excluding carboxylic acids is 1. The Morgan fingerprint density at radius 2 is 2.56 bits per heavy atom. The van der Waals surface area contributed by atoms with E-state index in [1.807, 2.05) is 6.26 Å². The Balaban J connectivity index is 2.48. The number of amides is 1. The first-order valence-electron chi connectivity index (χ1n) is 2.41. The minimum absolute atomic E-state index is 0.0833. The third-order valence-corrected chi connectivity index (χ3v) is 3.34. The van der Waals surface area contributed by atoms with Gasteiger partial charge < -0.3 is 10.4 Å². The molecular formula is C4H7NO2S2. The van der Waals surface area contributed by atoms with Crippen LogP contribution < -0.4 is 5.32 Å². The predicted molar refractivity (Wildman–Crippen MR) is 39.0 cm³/mol. The Morgan fingerprint density at radius 3 is 2.78 bits per heavy atom. The minimum atomic E-state index is -0.699. The molecule has 3 nitrogen and oxygen atoms in total. The van der Waals surface area contributed by atoms with Crippen molar-refractivity contribution in [2.75, 3.05) is 6.26 Å². The van der Waals surface area contributed by atoms with E-state index in [1.54, 1.807) is 0 Å². The molecule has 0 aromatic rings. The molecule has 1 rings (SSSR count). The van der Waals surface area contributed by atoms with Crippen LogP contribution in [0.2, 0.25) is 0 Å². The first-order valence-corrected chi connectivity index (χ1v) is 4.64. The third kappa shape index (κ3) is 1.53. The van der Waals surface area contributed by atoms with Crippen LogP contribution in [0.15, 0.2) is 0 Å². The highest BCUT2D eigenvalue weighted by atomic mass is 32.2. The first-order chi connectivity index (χ1) is 4.24. The molecule has 2 unspecified atom stereocenters. The van der Waals surface area contributed by atoms with E-state index in [2.05, 4.69) is 5.32 Å². The van der Waals surface area contributed by atoms with Gasteiger partial charge in [-0.05, 0) is 6.26 Å². The fourth-order valence-corrected chi connectivity index (χ4v) is 2.22. The lowest BCUT2D eigenvalue weighted by Gasteiger charge is -1.97. The van der Waals surface area contributed by atoms with Gasteiger partial charge in [-0.2, -0.15) is 0 Å². The Bertz CT molecular complexity index is 130. The summed E-state index contributed by atoms with van der Waals surface area (Å²) in [6.07, 6.45) is 1.84. The van der Waals surface area contributed by atoms with Crippen LogP contribution in [0.4, 0.5) is 0 Å². The van der Waals surface area contributed by atoms with E-state index in [0.29, 0.717) is 0 Å². The molecule has 0 aromatic carbocycles. The van der Waals surface area contributed by atoms with E-state index >= 15 is 0 Å². The van der Waals surface area contributed by atoms with Crippen molar-refractivity contribution in [2.45, 2.75) is 10.1 Å². The van der Waals surface area contributed by atoms with Gasteiger partial charge >= 0.3 is 0 Å². The van der Waals surface area contributed by atoms with E-state index in [4.69, 9.17) is 5.11 Å². The third-order valence-electron chi connectivity index (χ3n) is 0.946. The maximum atomic E-state index is 10.7. The van der Waals surface area contributed by atoms with E-state index in [-0.39, 0.29) is 10.5 Å². The summed E-state index contributed by atoms with van der Waals surface area (Å²) in [5, 5.41) is 11.2. The van der Waals surface area contributed by atoms with E-state index in [1.165, 1.54) is 23.5 Å². The molecule has 0 spiro atoms. The van der Waals surface area contributed by atoms with Gasteiger partial charge in [0.1, 0.15) is 4.58 Å². The fourth-order valence-electron chi connectivity index (χ4n) is 0.565. The summed E-state index contributed by atoms with van der Waals surface area (Å²) in [5.74, 6) is -0.0833. The highest BCUT2D eigenvalue weighted by Crippen LogP contribution is 2.28. The van der Waals surface area contributed by atoms with Crippen molar-refractivity contribution in [3.63, 3.8) is 0 Å². The SMILES string of the molecule is CSC1SC(O)NC1=O. The van der Waals surface area contributed by atoms with Crippen LogP contribution in [-0.4, -0.2) is 27.4 Å². The topological polar surface area (TPSA) is 49.3 Å². The van der Waals surface area contributed by atoms with E-state index in [0.717, 1.165) is 0 Å². The molecule has 1 aliphatic heterocycles. The summed E-state index contributed by atoms with van der Waals surface area (Å²) < 4.78 is -0.125. The number of hydrogen-bond acceptors (Lipinski definition) is 4.